The molecule has 0 bridgehead atoms. The molecular weight excluding hydrogens is 414 g/mol. The van der Waals surface area contributed by atoms with Gasteiger partial charge in [0.15, 0.2) is 0 Å². The minimum absolute atomic E-state index is 0.429. The third-order valence-corrected chi connectivity index (χ3v) is 6.01. The Morgan fingerprint density at radius 2 is 1.87 bits per heavy atom. The first-order valence-corrected chi connectivity index (χ1v) is 10.5. The number of carbonyl (C=O) groups excluding carboxylic acids is 1. The average molecular weight is 434 g/mol. The third kappa shape index (κ3) is 4.71. The van der Waals surface area contributed by atoms with Crippen molar-refractivity contribution in [2.75, 3.05) is 0 Å². The summed E-state index contributed by atoms with van der Waals surface area (Å²) in [4.78, 5) is 16.4. The van der Waals surface area contributed by atoms with Crippen LogP contribution in [0.3, 0.4) is 0 Å². The third-order valence-electron chi connectivity index (χ3n) is 4.44. The summed E-state index contributed by atoms with van der Waals surface area (Å²) in [5.41, 5.74) is 0.432. The first-order valence-electron chi connectivity index (χ1n) is 8.99. The van der Waals surface area contributed by atoms with Gasteiger partial charge in [0.25, 0.3) is 0 Å². The first-order chi connectivity index (χ1) is 14.2. The van der Waals surface area contributed by atoms with E-state index in [1.807, 2.05) is 0 Å². The van der Waals surface area contributed by atoms with Gasteiger partial charge in [-0.2, -0.15) is 4.72 Å². The molecule has 30 heavy (non-hydrogen) atoms. The lowest BCUT2D eigenvalue weighted by atomic mass is 10.1. The summed E-state index contributed by atoms with van der Waals surface area (Å²) in [6.07, 6.45) is 3.19. The zero-order valence-corrected chi connectivity index (χ0v) is 17.0. The molecule has 2 atom stereocenters. The van der Waals surface area contributed by atoms with Crippen LogP contribution in [0, 0.1) is 11.6 Å². The van der Waals surface area contributed by atoms with Crippen molar-refractivity contribution < 1.29 is 22.0 Å². The van der Waals surface area contributed by atoms with Crippen molar-refractivity contribution in [3.8, 4) is 0 Å². The second-order valence-electron chi connectivity index (χ2n) is 6.67. The molecule has 158 valence electrons. The normalized spacial score (nSPS) is 13.6. The number of carbonyl (C=O) groups is 1. The fourth-order valence-corrected chi connectivity index (χ4v) is 4.20. The Bertz CT molecular complexity index is 1160. The van der Waals surface area contributed by atoms with Crippen LogP contribution in [0.15, 0.2) is 65.8 Å². The Morgan fingerprint density at radius 1 is 1.13 bits per heavy atom. The quantitative estimate of drug-likeness (QED) is 0.597. The molecule has 2 aromatic carbocycles. The number of nitrogens with one attached hydrogen (secondary N) is 2. The highest BCUT2D eigenvalue weighted by atomic mass is 32.2. The molecule has 1 heterocycles. The van der Waals surface area contributed by atoms with Gasteiger partial charge >= 0.3 is 0 Å². The molecule has 0 aliphatic carbocycles. The summed E-state index contributed by atoms with van der Waals surface area (Å²) in [5, 5.41) is 2.68. The molecule has 0 saturated heterocycles. The van der Waals surface area contributed by atoms with Gasteiger partial charge in [0.05, 0.1) is 6.04 Å². The van der Waals surface area contributed by atoms with E-state index in [0.717, 1.165) is 12.1 Å². The van der Waals surface area contributed by atoms with Gasteiger partial charge in [-0.15, -0.1) is 0 Å². The highest BCUT2D eigenvalue weighted by Crippen LogP contribution is 2.21. The zero-order chi connectivity index (χ0) is 21.9. The number of amides is 1. The van der Waals surface area contributed by atoms with E-state index in [9.17, 15) is 22.0 Å². The summed E-state index contributed by atoms with van der Waals surface area (Å²) in [6.45, 7) is 1.33. The Labute approximate surface area is 172 Å². The largest absolute Gasteiger partial charge is 0.341 e. The molecule has 1 unspecified atom stereocenters. The summed E-state index contributed by atoms with van der Waals surface area (Å²) < 4.78 is 56.3. The van der Waals surface area contributed by atoms with Crippen LogP contribution in [-0.4, -0.2) is 29.9 Å². The molecule has 1 aromatic heterocycles. The van der Waals surface area contributed by atoms with E-state index in [0.29, 0.717) is 11.4 Å². The number of nitrogens with zero attached hydrogens (tertiary/aromatic N) is 2. The highest BCUT2D eigenvalue weighted by molar-refractivity contribution is 7.89. The minimum atomic E-state index is -4.27. The van der Waals surface area contributed by atoms with Crippen LogP contribution in [0.5, 0.6) is 0 Å². The van der Waals surface area contributed by atoms with Gasteiger partial charge in [0, 0.05) is 19.4 Å². The number of halogens is 2. The van der Waals surface area contributed by atoms with Crippen molar-refractivity contribution in [1.29, 1.82) is 0 Å². The fraction of sp³-hybridized carbons (Fsp3) is 0.200. The first kappa shape index (κ1) is 21.6. The standard InChI is InChI=1S/C20H20F2N4O3S/c1-13(25-30(28,29)17-9-4-3-8-16(17)22)20(27)24-18(19-23-10-11-26(19)2)14-6-5-7-15(21)12-14/h3-13,18,25H,1-2H3,(H,24,27)/t13-,18?/m0/s1. The highest BCUT2D eigenvalue weighted by Gasteiger charge is 2.28. The van der Waals surface area contributed by atoms with Gasteiger partial charge in [0.1, 0.15) is 28.4 Å². The number of hydrogen-bond donors (Lipinski definition) is 2. The predicted octanol–water partition coefficient (Wildman–Crippen LogP) is 2.27. The van der Waals surface area contributed by atoms with Crippen LogP contribution in [0.25, 0.3) is 0 Å². The molecule has 3 aromatic rings. The molecule has 0 fully saturated rings. The summed E-state index contributed by atoms with van der Waals surface area (Å²) >= 11 is 0. The van der Waals surface area contributed by atoms with E-state index in [-0.39, 0.29) is 0 Å². The van der Waals surface area contributed by atoms with Crippen molar-refractivity contribution in [3.63, 3.8) is 0 Å². The van der Waals surface area contributed by atoms with Gasteiger partial charge in [0.2, 0.25) is 15.9 Å². The number of benzene rings is 2. The monoisotopic (exact) mass is 434 g/mol. The number of hydrogen-bond acceptors (Lipinski definition) is 4. The maximum Gasteiger partial charge on any atom is 0.244 e. The van der Waals surface area contributed by atoms with Crippen LogP contribution in [0.2, 0.25) is 0 Å². The molecule has 10 heteroatoms. The summed E-state index contributed by atoms with van der Waals surface area (Å²) in [7, 11) is -2.56. The molecule has 3 rings (SSSR count). The molecule has 0 radical (unpaired) electrons. The van der Waals surface area contributed by atoms with E-state index in [2.05, 4.69) is 15.0 Å². The smallest absolute Gasteiger partial charge is 0.244 e. The van der Waals surface area contributed by atoms with E-state index in [4.69, 9.17) is 0 Å². The number of rotatable bonds is 7. The molecule has 0 aliphatic rings. The lowest BCUT2D eigenvalue weighted by Gasteiger charge is -2.22. The van der Waals surface area contributed by atoms with Gasteiger partial charge in [-0.05, 0) is 36.8 Å². The second-order valence-corrected chi connectivity index (χ2v) is 8.35. The van der Waals surface area contributed by atoms with Crippen molar-refractivity contribution >= 4 is 15.9 Å². The zero-order valence-electron chi connectivity index (χ0n) is 16.2. The second kappa shape index (κ2) is 8.72. The van der Waals surface area contributed by atoms with Crippen molar-refractivity contribution in [2.45, 2.75) is 23.9 Å². The molecule has 1 amide bonds. The molecule has 7 nitrogen and oxygen atoms in total. The van der Waals surface area contributed by atoms with Gasteiger partial charge < -0.3 is 9.88 Å². The maximum absolute atomic E-state index is 13.9. The average Bonchev–Trinajstić information content (AvgIpc) is 3.11. The van der Waals surface area contributed by atoms with Crippen LogP contribution in [0.1, 0.15) is 24.4 Å². The lowest BCUT2D eigenvalue weighted by Crippen LogP contribution is -2.46. The van der Waals surface area contributed by atoms with E-state index in [1.165, 1.54) is 43.5 Å². The Balaban J connectivity index is 1.84. The number of aromatic nitrogens is 2. The number of imidazole rings is 1. The van der Waals surface area contributed by atoms with Crippen molar-refractivity contribution in [2.24, 2.45) is 7.05 Å². The molecule has 0 spiro atoms. The summed E-state index contributed by atoms with van der Waals surface area (Å²) in [5.74, 6) is -1.68. The predicted molar refractivity (Wildman–Crippen MR) is 106 cm³/mol. The lowest BCUT2D eigenvalue weighted by molar-refractivity contribution is -0.122. The molecular formula is C20H20F2N4O3S. The maximum atomic E-state index is 13.9. The van der Waals surface area contributed by atoms with Crippen LogP contribution in [-0.2, 0) is 21.9 Å². The van der Waals surface area contributed by atoms with Crippen molar-refractivity contribution in [3.05, 3.63) is 83.9 Å². The van der Waals surface area contributed by atoms with Gasteiger partial charge in [-0.3, -0.25) is 4.79 Å². The van der Waals surface area contributed by atoms with Crippen LogP contribution in [0.4, 0.5) is 8.78 Å². The Hall–Kier alpha value is -3.11. The van der Waals surface area contributed by atoms with E-state index < -0.39 is 44.5 Å². The molecule has 0 saturated carbocycles. The van der Waals surface area contributed by atoms with Crippen molar-refractivity contribution in [1.82, 2.24) is 19.6 Å². The minimum Gasteiger partial charge on any atom is -0.341 e. The summed E-state index contributed by atoms with van der Waals surface area (Å²) in [6, 6.07) is 8.45. The van der Waals surface area contributed by atoms with Gasteiger partial charge in [-0.1, -0.05) is 24.3 Å². The van der Waals surface area contributed by atoms with E-state index in [1.54, 1.807) is 23.9 Å². The van der Waals surface area contributed by atoms with E-state index >= 15 is 0 Å². The molecule has 0 aliphatic heterocycles. The van der Waals surface area contributed by atoms with Crippen LogP contribution >= 0.6 is 0 Å². The van der Waals surface area contributed by atoms with Gasteiger partial charge in [-0.25, -0.2) is 22.2 Å². The number of sulfonamides is 1. The Kier molecular flexibility index (Phi) is 6.28. The Morgan fingerprint density at radius 3 is 2.50 bits per heavy atom. The molecule has 2 N–H and O–H groups in total. The fourth-order valence-electron chi connectivity index (χ4n) is 2.92. The SMILES string of the molecule is C[C@H](NS(=O)(=O)c1ccccc1F)C(=O)NC(c1cccc(F)c1)c1nccn1C. The number of aryl methyl sites for hydroxylation is 1. The topological polar surface area (TPSA) is 93.1 Å². The van der Waals surface area contributed by atoms with Crippen LogP contribution < -0.4 is 10.0 Å².